The van der Waals surface area contributed by atoms with Crippen LogP contribution in [0.2, 0.25) is 0 Å². The molecule has 2 rings (SSSR count). The van der Waals surface area contributed by atoms with Gasteiger partial charge in [-0.05, 0) is 29.8 Å². The molecule has 2 heteroatoms. The second-order valence-corrected chi connectivity index (χ2v) is 3.72. The molecular weight excluding hydrogens is 210 g/mol. The first kappa shape index (κ1) is 11.2. The minimum atomic E-state index is 0.649. The molecule has 84 valence electrons. The second kappa shape index (κ2) is 5.72. The molecule has 0 heterocycles. The molecule has 2 aromatic carbocycles. The zero-order valence-electron chi connectivity index (χ0n) is 9.47. The second-order valence-electron chi connectivity index (χ2n) is 3.72. The summed E-state index contributed by atoms with van der Waals surface area (Å²) in [6.45, 7) is 0.649. The molecule has 0 aliphatic heterocycles. The highest BCUT2D eigenvalue weighted by atomic mass is 16.5. The maximum absolute atomic E-state index is 8.66. The van der Waals surface area contributed by atoms with Gasteiger partial charge in [0.2, 0.25) is 0 Å². The van der Waals surface area contributed by atoms with E-state index in [4.69, 9.17) is 10.00 Å². The zero-order valence-corrected chi connectivity index (χ0v) is 9.47. The fraction of sp³-hybridized carbons (Fsp3) is 0.133. The van der Waals surface area contributed by atoms with Crippen LogP contribution in [0.1, 0.15) is 11.1 Å². The van der Waals surface area contributed by atoms with Gasteiger partial charge in [-0.15, -0.1) is 0 Å². The predicted octanol–water partition coefficient (Wildman–Crippen LogP) is 3.18. The van der Waals surface area contributed by atoms with Crippen molar-refractivity contribution >= 4 is 0 Å². The van der Waals surface area contributed by atoms with Crippen LogP contribution >= 0.6 is 0 Å². The Hall–Kier alpha value is -2.27. The first-order chi connectivity index (χ1) is 8.38. The molecule has 0 atom stereocenters. The van der Waals surface area contributed by atoms with E-state index in [9.17, 15) is 0 Å². The molecule has 2 nitrogen and oxygen atoms in total. The molecule has 0 unspecified atom stereocenters. The molecule has 0 saturated carbocycles. The van der Waals surface area contributed by atoms with Gasteiger partial charge >= 0.3 is 0 Å². The molecule has 0 radical (unpaired) electrons. The maximum atomic E-state index is 8.66. The van der Waals surface area contributed by atoms with Crippen molar-refractivity contribution in [2.75, 3.05) is 6.61 Å². The van der Waals surface area contributed by atoms with E-state index in [0.29, 0.717) is 12.2 Å². The Morgan fingerprint density at radius 1 is 0.941 bits per heavy atom. The number of benzene rings is 2. The van der Waals surface area contributed by atoms with Crippen LogP contribution in [-0.4, -0.2) is 6.61 Å². The molecule has 0 amide bonds. The van der Waals surface area contributed by atoms with Crippen LogP contribution in [0, 0.1) is 11.3 Å². The zero-order chi connectivity index (χ0) is 11.9. The number of nitriles is 1. The van der Waals surface area contributed by atoms with Crippen LogP contribution < -0.4 is 4.74 Å². The topological polar surface area (TPSA) is 33.0 Å². The summed E-state index contributed by atoms with van der Waals surface area (Å²) in [6.07, 6.45) is 0.890. The van der Waals surface area contributed by atoms with Crippen molar-refractivity contribution in [3.8, 4) is 11.8 Å². The van der Waals surface area contributed by atoms with Gasteiger partial charge in [-0.1, -0.05) is 30.3 Å². The van der Waals surface area contributed by atoms with Crippen LogP contribution in [-0.2, 0) is 6.42 Å². The van der Waals surface area contributed by atoms with Crippen LogP contribution in [0.3, 0.4) is 0 Å². The standard InChI is InChI=1S/C15H13NO/c16-12-14-6-8-15(9-7-14)17-11-10-13-4-2-1-3-5-13/h1-9H,10-11H2. The van der Waals surface area contributed by atoms with Gasteiger partial charge in [-0.25, -0.2) is 0 Å². The van der Waals surface area contributed by atoms with Crippen LogP contribution in [0.25, 0.3) is 0 Å². The monoisotopic (exact) mass is 223 g/mol. The number of hydrogen-bond donors (Lipinski definition) is 0. The summed E-state index contributed by atoms with van der Waals surface area (Å²) < 4.78 is 5.60. The quantitative estimate of drug-likeness (QED) is 0.797. The molecule has 0 N–H and O–H groups in total. The largest absolute Gasteiger partial charge is 0.493 e. The third-order valence-electron chi connectivity index (χ3n) is 2.49. The number of nitrogens with zero attached hydrogens (tertiary/aromatic N) is 1. The van der Waals surface area contributed by atoms with Crippen molar-refractivity contribution in [3.63, 3.8) is 0 Å². The van der Waals surface area contributed by atoms with E-state index in [0.717, 1.165) is 12.2 Å². The lowest BCUT2D eigenvalue weighted by Gasteiger charge is -2.05. The number of rotatable bonds is 4. The highest BCUT2D eigenvalue weighted by Gasteiger charge is 1.95. The SMILES string of the molecule is N#Cc1ccc(OCCc2ccccc2)cc1. The fourth-order valence-corrected chi connectivity index (χ4v) is 1.56. The average Bonchev–Trinajstić information content (AvgIpc) is 2.41. The van der Waals surface area contributed by atoms with E-state index in [1.807, 2.05) is 30.3 Å². The smallest absolute Gasteiger partial charge is 0.119 e. The van der Waals surface area contributed by atoms with Gasteiger partial charge in [-0.2, -0.15) is 5.26 Å². The van der Waals surface area contributed by atoms with E-state index < -0.39 is 0 Å². The molecule has 0 aromatic heterocycles. The van der Waals surface area contributed by atoms with Gasteiger partial charge in [0.05, 0.1) is 18.2 Å². The Balaban J connectivity index is 1.84. The predicted molar refractivity (Wildman–Crippen MR) is 66.8 cm³/mol. The third-order valence-corrected chi connectivity index (χ3v) is 2.49. The van der Waals surface area contributed by atoms with Crippen molar-refractivity contribution in [1.29, 1.82) is 5.26 Å². The van der Waals surface area contributed by atoms with Crippen molar-refractivity contribution in [2.24, 2.45) is 0 Å². The van der Waals surface area contributed by atoms with Gasteiger partial charge in [0.25, 0.3) is 0 Å². The third kappa shape index (κ3) is 3.35. The summed E-state index contributed by atoms with van der Waals surface area (Å²) in [5, 5.41) is 8.66. The normalized spacial score (nSPS) is 9.59. The van der Waals surface area contributed by atoms with Crippen molar-refractivity contribution in [1.82, 2.24) is 0 Å². The van der Waals surface area contributed by atoms with E-state index in [-0.39, 0.29) is 0 Å². The minimum Gasteiger partial charge on any atom is -0.493 e. The van der Waals surface area contributed by atoms with Gasteiger partial charge in [0.15, 0.2) is 0 Å². The maximum Gasteiger partial charge on any atom is 0.119 e. The Labute approximate surface area is 101 Å². The van der Waals surface area contributed by atoms with Gasteiger partial charge in [-0.3, -0.25) is 0 Å². The summed E-state index contributed by atoms with van der Waals surface area (Å²) in [7, 11) is 0. The molecule has 0 aliphatic carbocycles. The molecule has 0 saturated heterocycles. The highest BCUT2D eigenvalue weighted by Crippen LogP contribution is 2.12. The molecule has 0 spiro atoms. The van der Waals surface area contributed by atoms with Crippen LogP contribution in [0.15, 0.2) is 54.6 Å². The lowest BCUT2D eigenvalue weighted by atomic mass is 10.2. The van der Waals surface area contributed by atoms with Gasteiger partial charge in [0.1, 0.15) is 5.75 Å². The first-order valence-corrected chi connectivity index (χ1v) is 5.55. The lowest BCUT2D eigenvalue weighted by molar-refractivity contribution is 0.322. The summed E-state index contributed by atoms with van der Waals surface area (Å²) in [6, 6.07) is 19.5. The van der Waals surface area contributed by atoms with E-state index in [1.54, 1.807) is 12.1 Å². The Morgan fingerprint density at radius 2 is 1.65 bits per heavy atom. The van der Waals surface area contributed by atoms with Gasteiger partial charge < -0.3 is 4.74 Å². The molecule has 17 heavy (non-hydrogen) atoms. The van der Waals surface area contributed by atoms with E-state index in [2.05, 4.69) is 18.2 Å². The first-order valence-electron chi connectivity index (χ1n) is 5.55. The molecule has 0 fully saturated rings. The van der Waals surface area contributed by atoms with Crippen LogP contribution in [0.4, 0.5) is 0 Å². The minimum absolute atomic E-state index is 0.649. The fourth-order valence-electron chi connectivity index (χ4n) is 1.56. The number of hydrogen-bond acceptors (Lipinski definition) is 2. The van der Waals surface area contributed by atoms with E-state index >= 15 is 0 Å². The molecule has 2 aromatic rings. The van der Waals surface area contributed by atoms with Crippen molar-refractivity contribution in [3.05, 3.63) is 65.7 Å². The molecule has 0 aliphatic rings. The van der Waals surface area contributed by atoms with Crippen molar-refractivity contribution in [2.45, 2.75) is 6.42 Å². The molecular formula is C15H13NO. The summed E-state index contributed by atoms with van der Waals surface area (Å²) in [5.41, 5.74) is 1.92. The Bertz CT molecular complexity index is 497. The Morgan fingerprint density at radius 3 is 2.29 bits per heavy atom. The van der Waals surface area contributed by atoms with Crippen molar-refractivity contribution < 1.29 is 4.74 Å². The number of ether oxygens (including phenoxy) is 1. The summed E-state index contributed by atoms with van der Waals surface area (Å²) in [4.78, 5) is 0. The Kier molecular flexibility index (Phi) is 3.77. The summed E-state index contributed by atoms with van der Waals surface area (Å²) in [5.74, 6) is 0.805. The average molecular weight is 223 g/mol. The van der Waals surface area contributed by atoms with Gasteiger partial charge in [0, 0.05) is 6.42 Å². The van der Waals surface area contributed by atoms with Crippen LogP contribution in [0.5, 0.6) is 5.75 Å². The lowest BCUT2D eigenvalue weighted by Crippen LogP contribution is -2.00. The highest BCUT2D eigenvalue weighted by molar-refractivity contribution is 5.34. The molecule has 0 bridgehead atoms. The summed E-state index contributed by atoms with van der Waals surface area (Å²) >= 11 is 0. The van der Waals surface area contributed by atoms with E-state index in [1.165, 1.54) is 5.56 Å².